The van der Waals surface area contributed by atoms with E-state index in [2.05, 4.69) is 5.16 Å². The van der Waals surface area contributed by atoms with E-state index in [4.69, 9.17) is 21.2 Å². The summed E-state index contributed by atoms with van der Waals surface area (Å²) in [6.45, 7) is 0.421. The second-order valence-corrected chi connectivity index (χ2v) is 9.73. The van der Waals surface area contributed by atoms with E-state index in [9.17, 15) is 22.8 Å². The molecule has 0 N–H and O–H groups in total. The molecule has 2 fully saturated rings. The maximum Gasteiger partial charge on any atom is 0.235 e. The molecule has 2 aliphatic heterocycles. The van der Waals surface area contributed by atoms with Gasteiger partial charge in [0.15, 0.2) is 27.2 Å². The Morgan fingerprint density at radius 2 is 1.90 bits per heavy atom. The molecule has 0 aromatic heterocycles. The van der Waals surface area contributed by atoms with Gasteiger partial charge in [0.25, 0.3) is 0 Å². The van der Waals surface area contributed by atoms with Gasteiger partial charge in [-0.05, 0) is 25.0 Å². The first-order valence-electron chi connectivity index (χ1n) is 9.18. The number of sulfone groups is 1. The van der Waals surface area contributed by atoms with Gasteiger partial charge in [-0.25, -0.2) is 8.42 Å². The summed E-state index contributed by atoms with van der Waals surface area (Å²) in [4.78, 5) is 42.6. The minimum atomic E-state index is -3.72. The first-order chi connectivity index (χ1) is 13.7. The fourth-order valence-corrected chi connectivity index (χ4v) is 5.29. The average Bonchev–Trinajstić information content (AvgIpc) is 3.24. The smallest absolute Gasteiger partial charge is 0.235 e. The van der Waals surface area contributed by atoms with E-state index in [0.717, 1.165) is 6.26 Å². The lowest BCUT2D eigenvalue weighted by atomic mass is 9.81. The van der Waals surface area contributed by atoms with E-state index in [-0.39, 0.29) is 45.5 Å². The second kappa shape index (κ2) is 7.30. The van der Waals surface area contributed by atoms with Crippen LogP contribution in [-0.2, 0) is 29.0 Å². The van der Waals surface area contributed by atoms with E-state index >= 15 is 0 Å². The molecule has 2 atom stereocenters. The molecular formula is C19H18ClNO7S. The fraction of sp³-hybridized carbons (Fsp3) is 0.474. The number of fused-ring (bicyclic) bond motifs is 1. The van der Waals surface area contributed by atoms with Crippen molar-refractivity contribution in [3.05, 3.63) is 28.3 Å². The van der Waals surface area contributed by atoms with Gasteiger partial charge < -0.3 is 9.57 Å². The molecule has 3 aliphatic rings. The molecule has 0 spiro atoms. The number of carbonyl (C=O) groups excluding carboxylic acids is 3. The number of halogens is 1. The van der Waals surface area contributed by atoms with Crippen molar-refractivity contribution in [2.75, 3.05) is 12.9 Å². The third kappa shape index (κ3) is 3.41. The highest BCUT2D eigenvalue weighted by atomic mass is 35.5. The Labute approximate surface area is 172 Å². The molecule has 2 heterocycles. The van der Waals surface area contributed by atoms with Gasteiger partial charge in [-0.2, -0.15) is 0 Å². The van der Waals surface area contributed by atoms with E-state index in [1.807, 2.05) is 0 Å². The molecule has 154 valence electrons. The van der Waals surface area contributed by atoms with Gasteiger partial charge in [-0.3, -0.25) is 14.4 Å². The lowest BCUT2D eigenvalue weighted by molar-refractivity contribution is -0.133. The summed E-state index contributed by atoms with van der Waals surface area (Å²) in [5.74, 6) is -3.33. The van der Waals surface area contributed by atoms with Crippen molar-refractivity contribution < 1.29 is 32.4 Å². The monoisotopic (exact) mass is 439 g/mol. The zero-order valence-corrected chi connectivity index (χ0v) is 17.1. The third-order valence-electron chi connectivity index (χ3n) is 5.42. The summed E-state index contributed by atoms with van der Waals surface area (Å²) in [5.41, 5.74) is 0.273. The minimum absolute atomic E-state index is 0.0636. The van der Waals surface area contributed by atoms with Crippen LogP contribution in [0.5, 0.6) is 0 Å². The molecule has 1 aromatic carbocycles. The predicted molar refractivity (Wildman–Crippen MR) is 102 cm³/mol. The third-order valence-corrected chi connectivity index (χ3v) is 6.95. The van der Waals surface area contributed by atoms with E-state index in [0.29, 0.717) is 19.4 Å². The van der Waals surface area contributed by atoms with Crippen LogP contribution in [0, 0.1) is 11.8 Å². The van der Waals surface area contributed by atoms with Crippen molar-refractivity contribution in [1.29, 1.82) is 0 Å². The van der Waals surface area contributed by atoms with Crippen molar-refractivity contribution >= 4 is 44.5 Å². The van der Waals surface area contributed by atoms with E-state index < -0.39 is 39.4 Å². The average molecular weight is 440 g/mol. The first-order valence-corrected chi connectivity index (χ1v) is 11.4. The van der Waals surface area contributed by atoms with Gasteiger partial charge in [0, 0.05) is 30.2 Å². The Balaban J connectivity index is 1.85. The Morgan fingerprint density at radius 3 is 2.55 bits per heavy atom. The van der Waals surface area contributed by atoms with Crippen LogP contribution in [0.4, 0.5) is 0 Å². The molecule has 0 radical (unpaired) electrons. The van der Waals surface area contributed by atoms with Crippen molar-refractivity contribution in [3.8, 4) is 0 Å². The predicted octanol–water partition coefficient (Wildman–Crippen LogP) is 1.96. The maximum absolute atomic E-state index is 13.0. The van der Waals surface area contributed by atoms with E-state index in [1.54, 1.807) is 0 Å². The highest BCUT2D eigenvalue weighted by molar-refractivity contribution is 7.90. The molecule has 4 rings (SSSR count). The summed E-state index contributed by atoms with van der Waals surface area (Å²) >= 11 is 6.51. The number of ether oxygens (including phenoxy) is 1. The van der Waals surface area contributed by atoms with Crippen LogP contribution >= 0.6 is 11.6 Å². The quantitative estimate of drug-likeness (QED) is 0.520. The Bertz CT molecular complexity index is 1050. The zero-order valence-electron chi connectivity index (χ0n) is 15.5. The van der Waals surface area contributed by atoms with Crippen LogP contribution in [0.2, 0.25) is 5.02 Å². The molecule has 1 saturated carbocycles. The first kappa shape index (κ1) is 20.2. The summed E-state index contributed by atoms with van der Waals surface area (Å²) in [5, 5.41) is 3.81. The van der Waals surface area contributed by atoms with Crippen LogP contribution in [0.15, 0.2) is 22.2 Å². The second-order valence-electron chi connectivity index (χ2n) is 7.37. The zero-order chi connectivity index (χ0) is 20.9. The molecule has 1 aliphatic carbocycles. The fourth-order valence-electron chi connectivity index (χ4n) is 3.99. The number of oxime groups is 1. The van der Waals surface area contributed by atoms with Crippen LogP contribution < -0.4 is 0 Å². The molecule has 29 heavy (non-hydrogen) atoms. The van der Waals surface area contributed by atoms with Crippen molar-refractivity contribution in [2.45, 2.75) is 36.9 Å². The van der Waals surface area contributed by atoms with Gasteiger partial charge in [-0.15, -0.1) is 0 Å². The summed E-state index contributed by atoms with van der Waals surface area (Å²) in [7, 11) is -3.72. The highest BCUT2D eigenvalue weighted by Crippen LogP contribution is 2.38. The highest BCUT2D eigenvalue weighted by Gasteiger charge is 2.44. The minimum Gasteiger partial charge on any atom is -0.363 e. The lowest BCUT2D eigenvalue weighted by Crippen LogP contribution is -2.35. The molecule has 2 unspecified atom stereocenters. The number of Topliss-reactive ketones (excluding diaryl/α,β-unsaturated/α-hetero) is 3. The Morgan fingerprint density at radius 1 is 1.21 bits per heavy atom. The van der Waals surface area contributed by atoms with Gasteiger partial charge in [0.1, 0.15) is 5.92 Å². The standard InChI is InChI=1S/C19H18ClNO7S/c1-29(25,26)13-6-5-9(18(24)14-11(22)3-2-4-12(14)23)16(20)15(13)17-10-7-8-27-19(10)28-21-17/h5-6,10,14,19H,2-4,7-8H2,1H3. The van der Waals surface area contributed by atoms with Crippen molar-refractivity contribution in [1.82, 2.24) is 0 Å². The van der Waals surface area contributed by atoms with Crippen molar-refractivity contribution in [2.24, 2.45) is 17.0 Å². The van der Waals surface area contributed by atoms with E-state index in [1.165, 1.54) is 12.1 Å². The number of nitrogens with zero attached hydrogens (tertiary/aromatic N) is 1. The molecule has 1 saturated heterocycles. The van der Waals surface area contributed by atoms with Gasteiger partial charge in [-0.1, -0.05) is 16.8 Å². The van der Waals surface area contributed by atoms with Crippen LogP contribution in [0.3, 0.4) is 0 Å². The van der Waals surface area contributed by atoms with Crippen molar-refractivity contribution in [3.63, 3.8) is 0 Å². The van der Waals surface area contributed by atoms with Gasteiger partial charge in [0.05, 0.1) is 28.2 Å². The van der Waals surface area contributed by atoms with Crippen LogP contribution in [-0.4, -0.2) is 50.6 Å². The summed E-state index contributed by atoms with van der Waals surface area (Å²) in [6, 6.07) is 2.51. The molecule has 1 aromatic rings. The van der Waals surface area contributed by atoms with Crippen LogP contribution in [0.25, 0.3) is 0 Å². The largest absolute Gasteiger partial charge is 0.363 e. The number of hydrogen-bond donors (Lipinski definition) is 0. The SMILES string of the molecule is CS(=O)(=O)c1ccc(C(=O)C2C(=O)CCCC2=O)c(Cl)c1C1=NOC2OCCC12. The maximum atomic E-state index is 13.0. The van der Waals surface area contributed by atoms with Crippen LogP contribution in [0.1, 0.15) is 41.6 Å². The number of ketones is 3. The Hall–Kier alpha value is -2.10. The molecule has 8 nitrogen and oxygen atoms in total. The number of benzene rings is 1. The number of rotatable bonds is 4. The topological polar surface area (TPSA) is 116 Å². The van der Waals surface area contributed by atoms with Gasteiger partial charge in [0.2, 0.25) is 6.29 Å². The van der Waals surface area contributed by atoms with Gasteiger partial charge >= 0.3 is 0 Å². The molecule has 10 heteroatoms. The number of hydrogen-bond acceptors (Lipinski definition) is 8. The normalized spacial score (nSPS) is 25.0. The summed E-state index contributed by atoms with van der Waals surface area (Å²) < 4.78 is 30.1. The molecule has 0 amide bonds. The Kier molecular flexibility index (Phi) is 5.08. The molecule has 0 bridgehead atoms. The summed E-state index contributed by atoms with van der Waals surface area (Å²) in [6.07, 6.45) is 1.67. The lowest BCUT2D eigenvalue weighted by Gasteiger charge is -2.20. The molecular weight excluding hydrogens is 422 g/mol. The number of carbonyl (C=O) groups is 3.